The van der Waals surface area contributed by atoms with Crippen molar-refractivity contribution in [1.29, 1.82) is 0 Å². The second-order valence-electron chi connectivity index (χ2n) is 7.35. The van der Waals surface area contributed by atoms with Crippen LogP contribution < -0.4 is 10.6 Å². The van der Waals surface area contributed by atoms with E-state index in [1.54, 1.807) is 0 Å². The van der Waals surface area contributed by atoms with Crippen LogP contribution in [0.2, 0.25) is 0 Å². The first-order chi connectivity index (χ1) is 10.2. The van der Waals surface area contributed by atoms with Crippen LogP contribution in [0.25, 0.3) is 0 Å². The molecule has 3 rings (SSSR count). The monoisotopic (exact) mass is 286 g/mol. The summed E-state index contributed by atoms with van der Waals surface area (Å²) in [5.74, 6) is 2.32. The fraction of sp³-hybridized carbons (Fsp3) is 0.684. The molecular formula is C19H30N2. The van der Waals surface area contributed by atoms with Gasteiger partial charge in [-0.2, -0.15) is 0 Å². The van der Waals surface area contributed by atoms with Crippen LogP contribution in [0, 0.1) is 17.8 Å². The average molecular weight is 286 g/mol. The molecule has 4 unspecified atom stereocenters. The average Bonchev–Trinajstić information content (AvgIpc) is 2.49. The number of hydrogen-bond donors (Lipinski definition) is 1. The smallest absolute Gasteiger partial charge is 0.0399 e. The summed E-state index contributed by atoms with van der Waals surface area (Å²) in [6, 6.07) is 9.35. The van der Waals surface area contributed by atoms with Crippen LogP contribution in [0.3, 0.4) is 0 Å². The van der Waals surface area contributed by atoms with Gasteiger partial charge < -0.3 is 10.6 Å². The molecule has 0 spiro atoms. The van der Waals surface area contributed by atoms with Gasteiger partial charge in [0.1, 0.15) is 0 Å². The Labute approximate surface area is 129 Å². The maximum atomic E-state index is 6.44. The van der Waals surface area contributed by atoms with E-state index in [4.69, 9.17) is 5.73 Å². The van der Waals surface area contributed by atoms with Crippen LogP contribution in [-0.4, -0.2) is 19.1 Å². The van der Waals surface area contributed by atoms with Gasteiger partial charge in [0, 0.05) is 24.8 Å². The van der Waals surface area contributed by atoms with Gasteiger partial charge in [0.2, 0.25) is 0 Å². The van der Waals surface area contributed by atoms with E-state index in [0.29, 0.717) is 12.0 Å². The van der Waals surface area contributed by atoms with Gasteiger partial charge in [0.25, 0.3) is 0 Å². The van der Waals surface area contributed by atoms with Gasteiger partial charge in [-0.25, -0.2) is 0 Å². The maximum absolute atomic E-state index is 6.44. The number of fused-ring (bicyclic) bond motifs is 1. The summed E-state index contributed by atoms with van der Waals surface area (Å²) < 4.78 is 0. The van der Waals surface area contributed by atoms with E-state index < -0.39 is 0 Å². The lowest BCUT2D eigenvalue weighted by Crippen LogP contribution is -2.45. The first kappa shape index (κ1) is 14.9. The van der Waals surface area contributed by atoms with Gasteiger partial charge in [-0.05, 0) is 55.1 Å². The third-order valence-corrected chi connectivity index (χ3v) is 5.61. The number of nitrogens with zero attached hydrogens (tertiary/aromatic N) is 1. The van der Waals surface area contributed by atoms with E-state index in [-0.39, 0.29) is 0 Å². The Hall–Kier alpha value is -1.02. The van der Waals surface area contributed by atoms with Crippen LogP contribution in [0.15, 0.2) is 24.3 Å². The topological polar surface area (TPSA) is 29.3 Å². The van der Waals surface area contributed by atoms with Crippen molar-refractivity contribution in [3.63, 3.8) is 0 Å². The van der Waals surface area contributed by atoms with Crippen LogP contribution in [0.5, 0.6) is 0 Å². The molecular weight excluding hydrogens is 256 g/mol. The Morgan fingerprint density at radius 1 is 1.24 bits per heavy atom. The summed E-state index contributed by atoms with van der Waals surface area (Å²) in [5.41, 5.74) is 9.42. The lowest BCUT2D eigenvalue weighted by molar-refractivity contribution is 0.228. The van der Waals surface area contributed by atoms with Crippen molar-refractivity contribution < 1.29 is 0 Å². The summed E-state index contributed by atoms with van der Waals surface area (Å²) in [5, 5.41) is 0. The predicted octanol–water partition coefficient (Wildman–Crippen LogP) is 3.84. The van der Waals surface area contributed by atoms with Gasteiger partial charge in [0.05, 0.1) is 0 Å². The molecule has 1 heterocycles. The van der Waals surface area contributed by atoms with Gasteiger partial charge in [-0.3, -0.25) is 0 Å². The summed E-state index contributed by atoms with van der Waals surface area (Å²) in [4.78, 5) is 2.62. The van der Waals surface area contributed by atoms with Gasteiger partial charge in [0.15, 0.2) is 0 Å². The molecule has 0 bridgehead atoms. The normalized spacial score (nSPS) is 32.8. The van der Waals surface area contributed by atoms with E-state index in [0.717, 1.165) is 18.4 Å². The van der Waals surface area contributed by atoms with E-state index in [2.05, 4.69) is 43.0 Å². The van der Waals surface area contributed by atoms with Crippen molar-refractivity contribution in [3.05, 3.63) is 29.8 Å². The molecule has 0 radical (unpaired) electrons. The van der Waals surface area contributed by atoms with Gasteiger partial charge >= 0.3 is 0 Å². The van der Waals surface area contributed by atoms with Crippen LogP contribution in [-0.2, 0) is 6.42 Å². The molecule has 2 heteroatoms. The number of benzene rings is 1. The Kier molecular flexibility index (Phi) is 4.54. The predicted molar refractivity (Wildman–Crippen MR) is 90.6 cm³/mol. The Bertz CT molecular complexity index is 470. The largest absolute Gasteiger partial charge is 0.371 e. The quantitative estimate of drug-likeness (QED) is 0.915. The molecule has 0 amide bonds. The highest BCUT2D eigenvalue weighted by atomic mass is 15.1. The first-order valence-corrected chi connectivity index (χ1v) is 8.75. The minimum absolute atomic E-state index is 0.400. The Morgan fingerprint density at radius 3 is 2.86 bits per heavy atom. The number of anilines is 1. The Morgan fingerprint density at radius 2 is 2.05 bits per heavy atom. The minimum Gasteiger partial charge on any atom is -0.371 e. The molecule has 1 aliphatic carbocycles. The molecule has 2 nitrogen and oxygen atoms in total. The molecule has 1 aromatic carbocycles. The summed E-state index contributed by atoms with van der Waals surface area (Å²) >= 11 is 0. The second-order valence-corrected chi connectivity index (χ2v) is 7.35. The molecule has 1 saturated carbocycles. The molecule has 116 valence electrons. The third kappa shape index (κ3) is 3.26. The zero-order valence-corrected chi connectivity index (χ0v) is 13.6. The highest BCUT2D eigenvalue weighted by molar-refractivity contribution is 5.55. The number of rotatable bonds is 3. The lowest BCUT2D eigenvalue weighted by Gasteiger charge is -2.41. The third-order valence-electron chi connectivity index (χ3n) is 5.61. The highest BCUT2D eigenvalue weighted by Crippen LogP contribution is 2.35. The van der Waals surface area contributed by atoms with Gasteiger partial charge in [-0.1, -0.05) is 38.5 Å². The van der Waals surface area contributed by atoms with Crippen LogP contribution in [0.1, 0.15) is 45.1 Å². The minimum atomic E-state index is 0.400. The fourth-order valence-electron chi connectivity index (χ4n) is 4.33. The summed E-state index contributed by atoms with van der Waals surface area (Å²) in [6.07, 6.45) is 6.41. The number of nitrogens with two attached hydrogens (primary N) is 1. The highest BCUT2D eigenvalue weighted by Gasteiger charge is 2.31. The fourth-order valence-corrected chi connectivity index (χ4v) is 4.33. The summed E-state index contributed by atoms with van der Waals surface area (Å²) in [6.45, 7) is 7.05. The molecule has 0 aromatic heterocycles. The molecule has 21 heavy (non-hydrogen) atoms. The molecule has 4 atom stereocenters. The Balaban J connectivity index is 1.75. The van der Waals surface area contributed by atoms with Crippen LogP contribution in [0.4, 0.5) is 5.69 Å². The molecule has 1 aliphatic heterocycles. The molecule has 1 fully saturated rings. The van der Waals surface area contributed by atoms with E-state index in [1.807, 2.05) is 0 Å². The summed E-state index contributed by atoms with van der Waals surface area (Å²) in [7, 11) is 0. The van der Waals surface area contributed by atoms with Crippen molar-refractivity contribution in [2.75, 3.05) is 18.0 Å². The number of hydrogen-bond acceptors (Lipinski definition) is 2. The van der Waals surface area contributed by atoms with Crippen molar-refractivity contribution in [2.24, 2.45) is 23.5 Å². The van der Waals surface area contributed by atoms with Crippen molar-refractivity contribution in [2.45, 2.75) is 52.0 Å². The van der Waals surface area contributed by atoms with Crippen molar-refractivity contribution >= 4 is 5.69 Å². The van der Waals surface area contributed by atoms with E-state index >= 15 is 0 Å². The van der Waals surface area contributed by atoms with Gasteiger partial charge in [-0.15, -0.1) is 0 Å². The second kappa shape index (κ2) is 6.39. The van der Waals surface area contributed by atoms with E-state index in [9.17, 15) is 0 Å². The SMILES string of the molecule is CCC1CCC(N)C(CN2CC(C)Cc3ccccc32)C1. The molecule has 2 N–H and O–H groups in total. The number of para-hydroxylation sites is 1. The lowest BCUT2D eigenvalue weighted by atomic mass is 9.76. The molecule has 1 aromatic rings. The van der Waals surface area contributed by atoms with E-state index in [1.165, 1.54) is 49.9 Å². The van der Waals surface area contributed by atoms with Crippen molar-refractivity contribution in [1.82, 2.24) is 0 Å². The molecule has 0 saturated heterocycles. The van der Waals surface area contributed by atoms with Crippen LogP contribution >= 0.6 is 0 Å². The molecule has 2 aliphatic rings. The van der Waals surface area contributed by atoms with Crippen molar-refractivity contribution in [3.8, 4) is 0 Å². The maximum Gasteiger partial charge on any atom is 0.0399 e. The zero-order chi connectivity index (χ0) is 14.8. The zero-order valence-electron chi connectivity index (χ0n) is 13.6. The first-order valence-electron chi connectivity index (χ1n) is 8.75. The standard InChI is InChI=1S/C19H30N2/c1-3-15-8-9-18(20)17(11-15)13-21-12-14(2)10-16-6-4-5-7-19(16)21/h4-7,14-15,17-18H,3,8-13,20H2,1-2H3.